The van der Waals surface area contributed by atoms with Gasteiger partial charge in [0.25, 0.3) is 5.91 Å². The third-order valence-electron chi connectivity index (χ3n) is 5.03. The number of amides is 1. The highest BCUT2D eigenvalue weighted by atomic mass is 16.5. The van der Waals surface area contributed by atoms with Gasteiger partial charge in [-0.25, -0.2) is 0 Å². The number of carbonyl (C=O) groups is 3. The van der Waals surface area contributed by atoms with Crippen molar-refractivity contribution in [3.05, 3.63) is 70.3 Å². The average molecular weight is 410 g/mol. The molecule has 0 aliphatic carbocycles. The molecule has 2 aromatic carbocycles. The van der Waals surface area contributed by atoms with Crippen molar-refractivity contribution >= 4 is 17.7 Å². The molecule has 2 rings (SSSR count). The van der Waals surface area contributed by atoms with Crippen molar-refractivity contribution in [1.82, 2.24) is 5.32 Å². The predicted octanol–water partition coefficient (Wildman–Crippen LogP) is 4.26. The van der Waals surface area contributed by atoms with E-state index >= 15 is 0 Å². The van der Waals surface area contributed by atoms with Crippen molar-refractivity contribution in [2.75, 3.05) is 13.2 Å². The van der Waals surface area contributed by atoms with Gasteiger partial charge in [0.05, 0.1) is 0 Å². The number of aryl methyl sites for hydroxylation is 2. The maximum atomic E-state index is 12.5. The van der Waals surface area contributed by atoms with E-state index in [1.807, 2.05) is 44.2 Å². The van der Waals surface area contributed by atoms with Crippen LogP contribution < -0.4 is 5.32 Å². The Kier molecular flexibility index (Phi) is 7.93. The van der Waals surface area contributed by atoms with Crippen LogP contribution in [0.2, 0.25) is 0 Å². The molecule has 0 saturated heterocycles. The van der Waals surface area contributed by atoms with Crippen LogP contribution in [0.25, 0.3) is 0 Å². The fourth-order valence-corrected chi connectivity index (χ4v) is 3.06. The van der Waals surface area contributed by atoms with Gasteiger partial charge in [-0.05, 0) is 53.1 Å². The average Bonchev–Trinajstić information content (AvgIpc) is 2.74. The highest BCUT2D eigenvalue weighted by molar-refractivity contribution is 6.00. The van der Waals surface area contributed by atoms with E-state index in [0.29, 0.717) is 11.1 Å². The van der Waals surface area contributed by atoms with E-state index < -0.39 is 5.97 Å². The Morgan fingerprint density at radius 3 is 2.17 bits per heavy atom. The van der Waals surface area contributed by atoms with E-state index in [4.69, 9.17) is 4.74 Å². The number of hydrogen-bond acceptors (Lipinski definition) is 4. The molecule has 0 bridgehead atoms. The highest BCUT2D eigenvalue weighted by Gasteiger charge is 2.16. The molecule has 5 heteroatoms. The van der Waals surface area contributed by atoms with Gasteiger partial charge >= 0.3 is 5.97 Å². The fraction of sp³-hybridized carbons (Fsp3) is 0.400. The van der Waals surface area contributed by atoms with Crippen LogP contribution in [-0.2, 0) is 27.8 Å². The molecule has 1 N–H and O–H groups in total. The summed E-state index contributed by atoms with van der Waals surface area (Å²) in [7, 11) is 0. The molecule has 0 unspecified atom stereocenters. The lowest BCUT2D eigenvalue weighted by Crippen LogP contribution is -2.31. The van der Waals surface area contributed by atoms with E-state index in [1.54, 1.807) is 12.1 Å². The molecule has 0 aliphatic rings. The number of benzene rings is 2. The van der Waals surface area contributed by atoms with Gasteiger partial charge in [0.1, 0.15) is 6.54 Å². The second-order valence-electron chi connectivity index (χ2n) is 8.29. The Morgan fingerprint density at radius 2 is 1.60 bits per heavy atom. The van der Waals surface area contributed by atoms with Crippen molar-refractivity contribution in [3.8, 4) is 0 Å². The summed E-state index contributed by atoms with van der Waals surface area (Å²) in [5.41, 5.74) is 4.17. The number of carbonyl (C=O) groups excluding carboxylic acids is 3. The summed E-state index contributed by atoms with van der Waals surface area (Å²) in [5, 5.41) is 2.54. The van der Waals surface area contributed by atoms with Gasteiger partial charge in [-0.3, -0.25) is 14.4 Å². The van der Waals surface area contributed by atoms with Gasteiger partial charge in [-0.1, -0.05) is 58.9 Å². The summed E-state index contributed by atoms with van der Waals surface area (Å²) in [5.74, 6) is -1.24. The first-order valence-electron chi connectivity index (χ1n) is 10.3. The molecule has 0 heterocycles. The number of Topliss-reactive ketones (excluding diaryl/α,β-unsaturated/α-hetero) is 1. The maximum absolute atomic E-state index is 12.5. The minimum atomic E-state index is -0.646. The van der Waals surface area contributed by atoms with Gasteiger partial charge in [0, 0.05) is 11.1 Å². The molecule has 0 fully saturated rings. The van der Waals surface area contributed by atoms with Crippen LogP contribution in [0.15, 0.2) is 42.5 Å². The lowest BCUT2D eigenvalue weighted by atomic mass is 9.87. The van der Waals surface area contributed by atoms with E-state index in [9.17, 15) is 14.4 Å². The summed E-state index contributed by atoms with van der Waals surface area (Å²) < 4.78 is 5.08. The van der Waals surface area contributed by atoms with Gasteiger partial charge in [0.2, 0.25) is 5.78 Å². The van der Waals surface area contributed by atoms with E-state index in [0.717, 1.165) is 29.5 Å². The van der Waals surface area contributed by atoms with E-state index in [-0.39, 0.29) is 30.3 Å². The van der Waals surface area contributed by atoms with Crippen LogP contribution in [0, 0.1) is 0 Å². The van der Waals surface area contributed by atoms with Crippen LogP contribution in [0.5, 0.6) is 0 Å². The normalized spacial score (nSPS) is 11.1. The first-order chi connectivity index (χ1) is 14.2. The number of esters is 1. The lowest BCUT2D eigenvalue weighted by molar-refractivity contribution is -0.141. The minimum Gasteiger partial charge on any atom is -0.456 e. The van der Waals surface area contributed by atoms with Gasteiger partial charge < -0.3 is 10.1 Å². The summed E-state index contributed by atoms with van der Waals surface area (Å²) >= 11 is 0. The van der Waals surface area contributed by atoms with Crippen LogP contribution >= 0.6 is 0 Å². The van der Waals surface area contributed by atoms with Crippen molar-refractivity contribution in [2.45, 2.75) is 52.9 Å². The molecule has 160 valence electrons. The molecule has 2 aromatic rings. The van der Waals surface area contributed by atoms with Crippen LogP contribution in [0.1, 0.15) is 72.0 Å². The van der Waals surface area contributed by atoms with Gasteiger partial charge in [0.15, 0.2) is 6.61 Å². The molecule has 0 radical (unpaired) electrons. The van der Waals surface area contributed by atoms with Gasteiger partial charge in [-0.15, -0.1) is 0 Å². The Bertz CT molecular complexity index is 908. The monoisotopic (exact) mass is 409 g/mol. The standard InChI is InChI=1S/C25H31NO4/c1-6-17-8-9-18(7-2)21(14-17)22(27)16-30-23(28)15-26-24(29)19-10-12-20(13-11-19)25(3,4)5/h8-14H,6-7,15-16H2,1-5H3,(H,26,29). The third kappa shape index (κ3) is 6.28. The van der Waals surface area contributed by atoms with Crippen molar-refractivity contribution in [2.24, 2.45) is 0 Å². The molecule has 5 nitrogen and oxygen atoms in total. The molecule has 0 spiro atoms. The first-order valence-corrected chi connectivity index (χ1v) is 10.3. The quantitative estimate of drug-likeness (QED) is 0.522. The Labute approximate surface area is 178 Å². The molecule has 0 saturated carbocycles. The zero-order valence-corrected chi connectivity index (χ0v) is 18.5. The lowest BCUT2D eigenvalue weighted by Gasteiger charge is -2.19. The molecule has 30 heavy (non-hydrogen) atoms. The summed E-state index contributed by atoms with van der Waals surface area (Å²) in [6, 6.07) is 13.1. The smallest absolute Gasteiger partial charge is 0.325 e. The van der Waals surface area contributed by atoms with E-state index in [2.05, 4.69) is 26.1 Å². The fourth-order valence-electron chi connectivity index (χ4n) is 3.06. The van der Waals surface area contributed by atoms with Crippen molar-refractivity contribution in [3.63, 3.8) is 0 Å². The summed E-state index contributed by atoms with van der Waals surface area (Å²) in [4.78, 5) is 36.7. The zero-order valence-electron chi connectivity index (χ0n) is 18.5. The minimum absolute atomic E-state index is 0.000360. The molecule has 0 aliphatic heterocycles. The van der Waals surface area contributed by atoms with Crippen LogP contribution in [-0.4, -0.2) is 30.8 Å². The van der Waals surface area contributed by atoms with Crippen molar-refractivity contribution in [1.29, 1.82) is 0 Å². The topological polar surface area (TPSA) is 72.5 Å². The number of nitrogens with one attached hydrogen (secondary N) is 1. The second kappa shape index (κ2) is 10.2. The number of hydrogen-bond donors (Lipinski definition) is 1. The summed E-state index contributed by atoms with van der Waals surface area (Å²) in [6.45, 7) is 9.67. The largest absolute Gasteiger partial charge is 0.456 e. The van der Waals surface area contributed by atoms with Crippen LogP contribution in [0.3, 0.4) is 0 Å². The Hall–Kier alpha value is -2.95. The molecular formula is C25H31NO4. The highest BCUT2D eigenvalue weighted by Crippen LogP contribution is 2.22. The molecule has 0 atom stereocenters. The number of ketones is 1. The maximum Gasteiger partial charge on any atom is 0.325 e. The SMILES string of the molecule is CCc1ccc(CC)c(C(=O)COC(=O)CNC(=O)c2ccc(C(C)(C)C)cc2)c1. The molecule has 0 aromatic heterocycles. The third-order valence-corrected chi connectivity index (χ3v) is 5.03. The Morgan fingerprint density at radius 1 is 0.933 bits per heavy atom. The number of ether oxygens (including phenoxy) is 1. The predicted molar refractivity (Wildman–Crippen MR) is 118 cm³/mol. The number of rotatable bonds is 8. The van der Waals surface area contributed by atoms with Crippen molar-refractivity contribution < 1.29 is 19.1 Å². The summed E-state index contributed by atoms with van der Waals surface area (Å²) in [6.07, 6.45) is 1.55. The molecular weight excluding hydrogens is 378 g/mol. The Balaban J connectivity index is 1.88. The van der Waals surface area contributed by atoms with E-state index in [1.165, 1.54) is 0 Å². The second-order valence-corrected chi connectivity index (χ2v) is 8.29. The first kappa shape index (κ1) is 23.3. The zero-order chi connectivity index (χ0) is 22.3. The molecule has 1 amide bonds. The van der Waals surface area contributed by atoms with Crippen LogP contribution in [0.4, 0.5) is 0 Å². The van der Waals surface area contributed by atoms with Gasteiger partial charge in [-0.2, -0.15) is 0 Å².